The normalized spacial score (nSPS) is 17.1. The van der Waals surface area contributed by atoms with Crippen LogP contribution in [0, 0.1) is 34.6 Å². The van der Waals surface area contributed by atoms with Crippen LogP contribution in [0.15, 0.2) is 71.9 Å². The first-order chi connectivity index (χ1) is 19.0. The van der Waals surface area contributed by atoms with Crippen molar-refractivity contribution in [2.75, 3.05) is 4.72 Å². The van der Waals surface area contributed by atoms with E-state index in [4.69, 9.17) is 11.1 Å². The van der Waals surface area contributed by atoms with Gasteiger partial charge in [-0.2, -0.15) is 0 Å². The first-order valence-corrected chi connectivity index (χ1v) is 13.2. The molecule has 0 bridgehead atoms. The van der Waals surface area contributed by atoms with Gasteiger partial charge in [0.15, 0.2) is 5.82 Å². The number of anilines is 1. The Morgan fingerprint density at radius 3 is 2.60 bits per heavy atom. The number of carbonyl (C=O) groups is 1. The molecule has 6 N–H and O–H groups in total. The highest BCUT2D eigenvalue weighted by Gasteiger charge is 2.29. The van der Waals surface area contributed by atoms with E-state index in [9.17, 15) is 26.4 Å². The average molecular weight is 571 g/mol. The molecule has 1 aliphatic rings. The predicted molar refractivity (Wildman–Crippen MR) is 139 cm³/mol. The van der Waals surface area contributed by atoms with E-state index < -0.39 is 55.2 Å². The fourth-order valence-electron chi connectivity index (χ4n) is 4.33. The second-order valence-electron chi connectivity index (χ2n) is 8.98. The number of aromatic nitrogens is 2. The fourth-order valence-corrected chi connectivity index (χ4v) is 5.48. The number of carbonyl (C=O) groups excluding carboxylic acids is 1. The van der Waals surface area contributed by atoms with Gasteiger partial charge in [-0.1, -0.05) is 18.2 Å². The van der Waals surface area contributed by atoms with Crippen molar-refractivity contribution in [2.45, 2.75) is 10.9 Å². The van der Waals surface area contributed by atoms with E-state index in [1.165, 1.54) is 12.4 Å². The van der Waals surface area contributed by atoms with Crippen LogP contribution in [0.25, 0.3) is 16.6 Å². The van der Waals surface area contributed by atoms with E-state index in [1.54, 1.807) is 35.2 Å². The van der Waals surface area contributed by atoms with Crippen LogP contribution in [0.3, 0.4) is 0 Å². The molecule has 1 aliphatic carbocycles. The highest BCUT2D eigenvalue weighted by Crippen LogP contribution is 2.30. The van der Waals surface area contributed by atoms with E-state index in [0.717, 1.165) is 6.07 Å². The Balaban J connectivity index is 1.54. The third-order valence-electron chi connectivity index (χ3n) is 6.42. The smallest absolute Gasteiger partial charge is 0.285 e. The summed E-state index contributed by atoms with van der Waals surface area (Å²) in [5.74, 6) is -6.60. The number of pyridine rings is 1. The molecule has 2 heterocycles. The van der Waals surface area contributed by atoms with Crippen molar-refractivity contribution in [3.63, 3.8) is 0 Å². The highest BCUT2D eigenvalue weighted by atomic mass is 32.2. The molecule has 2 unspecified atom stereocenters. The van der Waals surface area contributed by atoms with Gasteiger partial charge in [0.2, 0.25) is 5.78 Å². The van der Waals surface area contributed by atoms with Crippen LogP contribution in [0.1, 0.15) is 21.5 Å². The van der Waals surface area contributed by atoms with Crippen molar-refractivity contribution in [1.82, 2.24) is 4.98 Å². The van der Waals surface area contributed by atoms with Crippen molar-refractivity contribution in [2.24, 2.45) is 11.7 Å². The number of H-pyrrole nitrogens is 2. The van der Waals surface area contributed by atoms with Crippen molar-refractivity contribution in [3.8, 4) is 0 Å². The Hall–Kier alpha value is -4.62. The molecule has 8 nitrogen and oxygen atoms in total. The third-order valence-corrected chi connectivity index (χ3v) is 7.80. The number of rotatable bonds is 7. The number of halogens is 4. The van der Waals surface area contributed by atoms with Crippen LogP contribution >= 0.6 is 0 Å². The summed E-state index contributed by atoms with van der Waals surface area (Å²) in [6, 6.07) is 4.34. The molecular formula is C27H20F4N5O3S+. The van der Waals surface area contributed by atoms with Gasteiger partial charge in [0.25, 0.3) is 15.7 Å². The zero-order chi connectivity index (χ0) is 28.8. The van der Waals surface area contributed by atoms with Gasteiger partial charge in [-0.25, -0.2) is 35.9 Å². The number of hydrogen-bond acceptors (Lipinski definition) is 5. The van der Waals surface area contributed by atoms with Crippen LogP contribution in [-0.4, -0.2) is 31.4 Å². The van der Waals surface area contributed by atoms with Crippen molar-refractivity contribution < 1.29 is 35.8 Å². The number of hydrogen-bond donors (Lipinski definition) is 4. The Morgan fingerprint density at radius 2 is 1.85 bits per heavy atom. The van der Waals surface area contributed by atoms with Gasteiger partial charge in [-0.15, -0.1) is 0 Å². The van der Waals surface area contributed by atoms with E-state index in [-0.39, 0.29) is 22.9 Å². The molecule has 0 aliphatic heterocycles. The molecule has 40 heavy (non-hydrogen) atoms. The molecule has 2 atom stereocenters. The van der Waals surface area contributed by atoms with Crippen LogP contribution in [0.2, 0.25) is 0 Å². The topological polar surface area (TPSA) is 143 Å². The minimum atomic E-state index is -4.85. The van der Waals surface area contributed by atoms with E-state index >= 15 is 4.39 Å². The van der Waals surface area contributed by atoms with Gasteiger partial charge < -0.3 is 11.1 Å². The largest absolute Gasteiger partial charge is 0.324 e. The summed E-state index contributed by atoms with van der Waals surface area (Å²) in [7, 11) is -4.85. The molecule has 0 radical (unpaired) electrons. The molecule has 13 heteroatoms. The third kappa shape index (κ3) is 4.80. The van der Waals surface area contributed by atoms with Crippen LogP contribution in [-0.2, 0) is 10.0 Å². The summed E-state index contributed by atoms with van der Waals surface area (Å²) >= 11 is 0. The molecular weight excluding hydrogens is 550 g/mol. The van der Waals surface area contributed by atoms with Crippen LogP contribution in [0.4, 0.5) is 23.2 Å². The molecule has 204 valence electrons. The molecule has 0 fully saturated rings. The first kappa shape index (κ1) is 27.0. The molecule has 4 aromatic rings. The Bertz CT molecular complexity index is 1870. The van der Waals surface area contributed by atoms with Crippen molar-refractivity contribution >= 4 is 44.3 Å². The van der Waals surface area contributed by atoms with Crippen LogP contribution in [0.5, 0.6) is 0 Å². The summed E-state index contributed by atoms with van der Waals surface area (Å²) < 4.78 is 85.0. The number of fused-ring (bicyclic) bond motifs is 1. The van der Waals surface area contributed by atoms with Crippen molar-refractivity contribution in [3.05, 3.63) is 107 Å². The highest BCUT2D eigenvalue weighted by molar-refractivity contribution is 7.92. The number of nitrogens with one attached hydrogen (secondary N) is 4. The molecule has 2 aromatic heterocycles. The van der Waals surface area contributed by atoms with E-state index in [0.29, 0.717) is 41.0 Å². The molecule has 0 saturated carbocycles. The number of aromatic amines is 2. The maximum absolute atomic E-state index is 15.5. The van der Waals surface area contributed by atoms with Gasteiger partial charge in [0, 0.05) is 23.7 Å². The standard InChI is InChI=1S/C27H19F4N5O3S/c28-16-2-3-19(29)23(9-16)40(38,39)36-22-6-4-20(30)24(25(22)31)26(37)18-12-35-27-17(18)8-15(11-34-27)13-1-5-21(33)14(7-13)10-32/h1-12,14,21,32,36H,33H2,(H,34,35)/p+1. The Morgan fingerprint density at radius 1 is 1.10 bits per heavy atom. The van der Waals surface area contributed by atoms with Gasteiger partial charge in [0.05, 0.1) is 28.4 Å². The molecule has 5 rings (SSSR count). The Labute approximate surface area is 224 Å². The summed E-state index contributed by atoms with van der Waals surface area (Å²) in [6.45, 7) is 0. The molecule has 2 aromatic carbocycles. The summed E-state index contributed by atoms with van der Waals surface area (Å²) in [6.07, 6.45) is 9.35. The summed E-state index contributed by atoms with van der Waals surface area (Å²) in [5.41, 5.74) is 5.62. The van der Waals surface area contributed by atoms with Crippen molar-refractivity contribution in [1.29, 1.82) is 5.41 Å². The van der Waals surface area contributed by atoms with Gasteiger partial charge in [0.1, 0.15) is 28.5 Å². The lowest BCUT2D eigenvalue weighted by molar-refractivity contribution is -0.347. The van der Waals surface area contributed by atoms with E-state index in [2.05, 4.69) is 9.97 Å². The summed E-state index contributed by atoms with van der Waals surface area (Å²) in [5, 5.41) is 7.84. The zero-order valence-corrected chi connectivity index (χ0v) is 21.1. The van der Waals surface area contributed by atoms with Crippen LogP contribution < -0.4 is 15.4 Å². The van der Waals surface area contributed by atoms with E-state index in [1.807, 2.05) is 0 Å². The minimum Gasteiger partial charge on any atom is -0.324 e. The fraction of sp³-hybridized carbons (Fsp3) is 0.0741. The molecule has 0 spiro atoms. The minimum absolute atomic E-state index is 0.122. The zero-order valence-electron chi connectivity index (χ0n) is 20.3. The SMILES string of the molecule is N=CC1C=C(c2c[nH+]c3[nH]cc(C(=O)c4c(F)ccc(NS(=O)(=O)c5cc(F)ccc5F)c4F)c3c2)C=CC1N. The maximum Gasteiger partial charge on any atom is 0.285 e. The number of sulfonamides is 1. The first-order valence-electron chi connectivity index (χ1n) is 11.7. The van der Waals surface area contributed by atoms with Gasteiger partial charge in [-0.05, 0) is 42.0 Å². The van der Waals surface area contributed by atoms with Gasteiger partial charge >= 0.3 is 0 Å². The predicted octanol–water partition coefficient (Wildman–Crippen LogP) is 4.12. The number of allylic oxidation sites excluding steroid dienone is 2. The second-order valence-corrected chi connectivity index (χ2v) is 10.6. The molecule has 0 saturated heterocycles. The number of nitrogens with two attached hydrogens (primary N) is 1. The Kier molecular flexibility index (Phi) is 6.85. The lowest BCUT2D eigenvalue weighted by Crippen LogP contribution is -2.29. The maximum atomic E-state index is 15.5. The lowest BCUT2D eigenvalue weighted by Gasteiger charge is -2.18. The average Bonchev–Trinajstić information content (AvgIpc) is 3.35. The number of benzene rings is 2. The lowest BCUT2D eigenvalue weighted by atomic mass is 9.90. The number of ketones is 1. The quantitative estimate of drug-likeness (QED) is 0.151. The second kappa shape index (κ2) is 10.2. The van der Waals surface area contributed by atoms with Gasteiger partial charge in [-0.3, -0.25) is 9.52 Å². The monoisotopic (exact) mass is 570 g/mol. The molecule has 0 amide bonds. The summed E-state index contributed by atoms with van der Waals surface area (Å²) in [4.78, 5) is 18.1.